The summed E-state index contributed by atoms with van der Waals surface area (Å²) in [6, 6.07) is 1.82. The van der Waals surface area contributed by atoms with Crippen molar-refractivity contribution in [1.82, 2.24) is 14.9 Å². The SMILES string of the molecule is Cc1ccn(CC2CCCO2)c(=O)c1C(=O)NCCc1csc(C(C)C)n1. The van der Waals surface area contributed by atoms with Crippen LogP contribution in [-0.2, 0) is 17.7 Å². The Balaban J connectivity index is 1.63. The number of carbonyl (C=O) groups excluding carboxylic acids is 1. The summed E-state index contributed by atoms with van der Waals surface area (Å²) in [4.78, 5) is 29.9. The van der Waals surface area contributed by atoms with Gasteiger partial charge in [-0.2, -0.15) is 0 Å². The highest BCUT2D eigenvalue weighted by Crippen LogP contribution is 2.19. The van der Waals surface area contributed by atoms with E-state index in [9.17, 15) is 9.59 Å². The van der Waals surface area contributed by atoms with Crippen LogP contribution < -0.4 is 10.9 Å². The van der Waals surface area contributed by atoms with Gasteiger partial charge in [0, 0.05) is 37.1 Å². The molecule has 0 bridgehead atoms. The fourth-order valence-electron chi connectivity index (χ4n) is 3.19. The maximum Gasteiger partial charge on any atom is 0.263 e. The number of hydrogen-bond donors (Lipinski definition) is 1. The summed E-state index contributed by atoms with van der Waals surface area (Å²) in [6.45, 7) is 7.72. The van der Waals surface area contributed by atoms with Gasteiger partial charge in [-0.05, 0) is 31.4 Å². The van der Waals surface area contributed by atoms with Crippen LogP contribution in [0.15, 0.2) is 22.4 Å². The van der Waals surface area contributed by atoms with E-state index in [-0.39, 0.29) is 23.1 Å². The van der Waals surface area contributed by atoms with Crippen molar-refractivity contribution in [1.29, 1.82) is 0 Å². The number of thiazole rings is 1. The molecular weight excluding hydrogens is 362 g/mol. The summed E-state index contributed by atoms with van der Waals surface area (Å²) in [6.07, 6.45) is 4.44. The zero-order valence-electron chi connectivity index (χ0n) is 16.2. The van der Waals surface area contributed by atoms with Crippen molar-refractivity contribution in [2.75, 3.05) is 13.2 Å². The van der Waals surface area contributed by atoms with Gasteiger partial charge in [-0.3, -0.25) is 9.59 Å². The van der Waals surface area contributed by atoms with Gasteiger partial charge in [0.25, 0.3) is 11.5 Å². The quantitative estimate of drug-likeness (QED) is 0.790. The molecule has 0 aromatic carbocycles. The van der Waals surface area contributed by atoms with Crippen molar-refractivity contribution in [2.45, 2.75) is 58.6 Å². The summed E-state index contributed by atoms with van der Waals surface area (Å²) in [5, 5.41) is 6.01. The van der Waals surface area contributed by atoms with Crippen LogP contribution in [0.2, 0.25) is 0 Å². The molecule has 1 fully saturated rings. The van der Waals surface area contributed by atoms with Gasteiger partial charge in [0.05, 0.1) is 23.4 Å². The molecule has 2 aromatic heterocycles. The Kier molecular flexibility index (Phi) is 6.44. The second kappa shape index (κ2) is 8.80. The van der Waals surface area contributed by atoms with Crippen LogP contribution in [0.4, 0.5) is 0 Å². The number of pyridine rings is 1. The standard InChI is InChI=1S/C20H27N3O3S/c1-13(2)19-22-15(12-27-19)6-8-21-18(24)17-14(3)7-9-23(20(17)25)11-16-5-4-10-26-16/h7,9,12-13,16H,4-6,8,10-11H2,1-3H3,(H,21,24). The molecule has 1 unspecified atom stereocenters. The van der Waals surface area contributed by atoms with Crippen LogP contribution >= 0.6 is 11.3 Å². The molecule has 27 heavy (non-hydrogen) atoms. The monoisotopic (exact) mass is 389 g/mol. The first kappa shape index (κ1) is 19.8. The fourth-order valence-corrected chi connectivity index (χ4v) is 4.06. The maximum absolute atomic E-state index is 12.8. The minimum atomic E-state index is -0.321. The first-order chi connectivity index (χ1) is 13.0. The highest BCUT2D eigenvalue weighted by Gasteiger charge is 2.20. The van der Waals surface area contributed by atoms with E-state index in [1.165, 1.54) is 0 Å². The van der Waals surface area contributed by atoms with Crippen molar-refractivity contribution in [3.63, 3.8) is 0 Å². The smallest absolute Gasteiger partial charge is 0.263 e. The predicted molar refractivity (Wildman–Crippen MR) is 107 cm³/mol. The summed E-state index contributed by atoms with van der Waals surface area (Å²) < 4.78 is 7.20. The van der Waals surface area contributed by atoms with Gasteiger partial charge in [-0.25, -0.2) is 4.98 Å². The lowest BCUT2D eigenvalue weighted by Crippen LogP contribution is -2.36. The van der Waals surface area contributed by atoms with Gasteiger partial charge in [0.2, 0.25) is 0 Å². The third kappa shape index (κ3) is 4.84. The minimum absolute atomic E-state index is 0.0566. The fraction of sp³-hybridized carbons (Fsp3) is 0.550. The van der Waals surface area contributed by atoms with Crippen molar-refractivity contribution < 1.29 is 9.53 Å². The number of rotatable bonds is 7. The normalized spacial score (nSPS) is 16.8. The van der Waals surface area contributed by atoms with Gasteiger partial charge in [0.1, 0.15) is 5.56 Å². The van der Waals surface area contributed by atoms with Crippen molar-refractivity contribution >= 4 is 17.2 Å². The zero-order chi connectivity index (χ0) is 19.4. The molecule has 0 radical (unpaired) electrons. The van der Waals surface area contributed by atoms with E-state index in [2.05, 4.69) is 24.1 Å². The molecule has 3 rings (SSSR count). The number of aromatic nitrogens is 2. The molecule has 1 aliphatic rings. The van der Waals surface area contributed by atoms with E-state index >= 15 is 0 Å². The van der Waals surface area contributed by atoms with Gasteiger partial charge < -0.3 is 14.6 Å². The Morgan fingerprint density at radius 1 is 1.48 bits per heavy atom. The second-order valence-electron chi connectivity index (χ2n) is 7.30. The lowest BCUT2D eigenvalue weighted by molar-refractivity contribution is 0.0930. The van der Waals surface area contributed by atoms with Crippen molar-refractivity contribution in [3.8, 4) is 0 Å². The molecule has 1 N–H and O–H groups in total. The molecule has 3 heterocycles. The number of nitrogens with zero attached hydrogens (tertiary/aromatic N) is 2. The Morgan fingerprint density at radius 2 is 2.30 bits per heavy atom. The van der Waals surface area contributed by atoms with Crippen LogP contribution in [0.1, 0.15) is 59.2 Å². The first-order valence-corrected chi connectivity index (χ1v) is 10.4. The number of nitrogens with one attached hydrogen (secondary N) is 1. The minimum Gasteiger partial charge on any atom is -0.376 e. The summed E-state index contributed by atoms with van der Waals surface area (Å²) in [5.74, 6) is 0.0890. The maximum atomic E-state index is 12.8. The lowest BCUT2D eigenvalue weighted by Gasteiger charge is -2.14. The Labute approximate surface area is 163 Å². The molecule has 146 valence electrons. The summed E-state index contributed by atoms with van der Waals surface area (Å²) in [7, 11) is 0. The highest BCUT2D eigenvalue weighted by atomic mass is 32.1. The largest absolute Gasteiger partial charge is 0.376 e. The van der Waals surface area contributed by atoms with Gasteiger partial charge in [-0.15, -0.1) is 11.3 Å². The molecular formula is C20H27N3O3S. The van der Waals surface area contributed by atoms with E-state index in [1.807, 2.05) is 11.4 Å². The Bertz CT molecular complexity index is 850. The number of amides is 1. The molecule has 7 heteroatoms. The lowest BCUT2D eigenvalue weighted by atomic mass is 10.1. The Hall–Kier alpha value is -1.99. The average Bonchev–Trinajstić information content (AvgIpc) is 3.29. The average molecular weight is 390 g/mol. The third-order valence-corrected chi connectivity index (χ3v) is 5.95. The molecule has 0 spiro atoms. The first-order valence-electron chi connectivity index (χ1n) is 9.50. The van der Waals surface area contributed by atoms with Crippen LogP contribution in [0.25, 0.3) is 0 Å². The van der Waals surface area contributed by atoms with Crippen molar-refractivity contribution in [3.05, 3.63) is 49.8 Å². The second-order valence-corrected chi connectivity index (χ2v) is 8.19. The number of aryl methyl sites for hydroxylation is 1. The molecule has 6 nitrogen and oxygen atoms in total. The van der Waals surface area contributed by atoms with E-state index in [1.54, 1.807) is 29.0 Å². The van der Waals surface area contributed by atoms with Crippen LogP contribution in [-0.4, -0.2) is 34.7 Å². The molecule has 1 aliphatic heterocycles. The van der Waals surface area contributed by atoms with E-state index in [0.29, 0.717) is 31.0 Å². The topological polar surface area (TPSA) is 73.2 Å². The van der Waals surface area contributed by atoms with E-state index in [0.717, 1.165) is 30.2 Å². The van der Waals surface area contributed by atoms with E-state index < -0.39 is 0 Å². The third-order valence-electron chi connectivity index (χ3n) is 4.76. The van der Waals surface area contributed by atoms with Crippen LogP contribution in [0, 0.1) is 6.92 Å². The molecule has 1 saturated heterocycles. The van der Waals surface area contributed by atoms with Crippen molar-refractivity contribution in [2.24, 2.45) is 0 Å². The van der Waals surface area contributed by atoms with Crippen LogP contribution in [0.5, 0.6) is 0 Å². The molecule has 1 amide bonds. The number of carbonyl (C=O) groups is 1. The molecule has 0 saturated carbocycles. The Morgan fingerprint density at radius 3 is 2.96 bits per heavy atom. The highest BCUT2D eigenvalue weighted by molar-refractivity contribution is 7.09. The zero-order valence-corrected chi connectivity index (χ0v) is 17.0. The van der Waals surface area contributed by atoms with E-state index in [4.69, 9.17) is 4.74 Å². The molecule has 0 aliphatic carbocycles. The predicted octanol–water partition coefficient (Wildman–Crippen LogP) is 2.89. The summed E-state index contributed by atoms with van der Waals surface area (Å²) >= 11 is 1.65. The molecule has 1 atom stereocenters. The summed E-state index contributed by atoms with van der Waals surface area (Å²) in [5.41, 5.74) is 1.64. The molecule has 2 aromatic rings. The number of ether oxygens (including phenoxy) is 1. The van der Waals surface area contributed by atoms with Gasteiger partial charge in [-0.1, -0.05) is 13.8 Å². The van der Waals surface area contributed by atoms with Crippen LogP contribution in [0.3, 0.4) is 0 Å². The van der Waals surface area contributed by atoms with Gasteiger partial charge >= 0.3 is 0 Å². The van der Waals surface area contributed by atoms with Gasteiger partial charge in [0.15, 0.2) is 0 Å². The number of hydrogen-bond acceptors (Lipinski definition) is 5.